The summed E-state index contributed by atoms with van der Waals surface area (Å²) in [5.41, 5.74) is 1.35. The van der Waals surface area contributed by atoms with Gasteiger partial charge in [-0.2, -0.15) is 0 Å². The van der Waals surface area contributed by atoms with E-state index >= 15 is 0 Å². The molecule has 1 fully saturated rings. The maximum atomic E-state index is 13.1. The quantitative estimate of drug-likeness (QED) is 0.517. The average molecular weight is 462 g/mol. The highest BCUT2D eigenvalue weighted by Crippen LogP contribution is 2.29. The first-order valence-corrected chi connectivity index (χ1v) is 11.0. The lowest BCUT2D eigenvalue weighted by atomic mass is 9.92. The number of carbonyl (C=O) groups excluding carboxylic acids is 3. The van der Waals surface area contributed by atoms with Crippen molar-refractivity contribution in [3.8, 4) is 0 Å². The van der Waals surface area contributed by atoms with Crippen LogP contribution < -0.4 is 10.6 Å². The maximum Gasteiger partial charge on any atom is 0.325 e. The minimum absolute atomic E-state index is 0.301. The second-order valence-corrected chi connectivity index (χ2v) is 8.61. The van der Waals surface area contributed by atoms with Gasteiger partial charge in [0.1, 0.15) is 12.1 Å². The van der Waals surface area contributed by atoms with E-state index in [1.54, 1.807) is 31.2 Å². The number of benzene rings is 3. The summed E-state index contributed by atoms with van der Waals surface area (Å²) in [4.78, 5) is 39.7. The molecule has 0 radical (unpaired) electrons. The number of hydrogen-bond donors (Lipinski definition) is 2. The molecule has 0 aromatic heterocycles. The number of nitrogens with one attached hydrogen (secondary N) is 2. The fraction of sp³-hybridized carbons (Fsp3) is 0.192. The molecule has 4 rings (SSSR count). The second-order valence-electron chi connectivity index (χ2n) is 8.17. The fourth-order valence-corrected chi connectivity index (χ4v) is 4.12. The third-order valence-corrected chi connectivity index (χ3v) is 6.07. The van der Waals surface area contributed by atoms with E-state index < -0.39 is 23.4 Å². The molecule has 1 saturated heterocycles. The molecule has 2 atom stereocenters. The molecule has 168 valence electrons. The Morgan fingerprint density at radius 3 is 2.21 bits per heavy atom. The number of urea groups is 1. The molecule has 3 aromatic rings. The van der Waals surface area contributed by atoms with Gasteiger partial charge in [0.05, 0.1) is 6.04 Å². The molecule has 0 bridgehead atoms. The van der Waals surface area contributed by atoms with E-state index in [4.69, 9.17) is 11.6 Å². The van der Waals surface area contributed by atoms with Crippen LogP contribution in [0, 0.1) is 0 Å². The van der Waals surface area contributed by atoms with Crippen LogP contribution in [0.1, 0.15) is 29.7 Å². The van der Waals surface area contributed by atoms with Crippen LogP contribution in [0.15, 0.2) is 84.9 Å². The Kier molecular flexibility index (Phi) is 6.47. The molecule has 6 nitrogen and oxygen atoms in total. The number of hydrogen-bond acceptors (Lipinski definition) is 3. The van der Waals surface area contributed by atoms with Gasteiger partial charge in [-0.3, -0.25) is 14.5 Å². The molecule has 0 spiro atoms. The van der Waals surface area contributed by atoms with Crippen LogP contribution in [0.25, 0.3) is 0 Å². The van der Waals surface area contributed by atoms with E-state index in [2.05, 4.69) is 10.6 Å². The average Bonchev–Trinajstić information content (AvgIpc) is 3.04. The van der Waals surface area contributed by atoms with Crippen LogP contribution >= 0.6 is 11.6 Å². The van der Waals surface area contributed by atoms with Crippen molar-refractivity contribution in [2.24, 2.45) is 0 Å². The highest BCUT2D eigenvalue weighted by atomic mass is 35.5. The number of amides is 4. The third-order valence-electron chi connectivity index (χ3n) is 5.82. The van der Waals surface area contributed by atoms with E-state index in [1.807, 2.05) is 60.7 Å². The highest BCUT2D eigenvalue weighted by molar-refractivity contribution is 6.30. The minimum Gasteiger partial charge on any atom is -0.347 e. The lowest BCUT2D eigenvalue weighted by Gasteiger charge is -2.23. The molecular weight excluding hydrogens is 438 g/mol. The normalized spacial score (nSPS) is 18.7. The SMILES string of the molecule is CC1(c2ccc(Cl)cc2)NC(=O)N(CC(=O)NC(Cc2ccccc2)c2ccccc2)C1=O. The molecule has 0 aliphatic carbocycles. The van der Waals surface area contributed by atoms with E-state index in [-0.39, 0.29) is 12.6 Å². The van der Waals surface area contributed by atoms with Crippen molar-refractivity contribution < 1.29 is 14.4 Å². The lowest BCUT2D eigenvalue weighted by molar-refractivity contribution is -0.135. The van der Waals surface area contributed by atoms with Gasteiger partial charge in [-0.25, -0.2) is 4.79 Å². The Balaban J connectivity index is 1.49. The van der Waals surface area contributed by atoms with Gasteiger partial charge < -0.3 is 10.6 Å². The molecular formula is C26H24ClN3O3. The molecule has 33 heavy (non-hydrogen) atoms. The Morgan fingerprint density at radius 1 is 0.970 bits per heavy atom. The second kappa shape index (κ2) is 9.46. The van der Waals surface area contributed by atoms with Crippen molar-refractivity contribution >= 4 is 29.4 Å². The van der Waals surface area contributed by atoms with E-state index in [1.165, 1.54) is 0 Å². The predicted molar refractivity (Wildman–Crippen MR) is 127 cm³/mol. The van der Waals surface area contributed by atoms with Gasteiger partial charge in [0, 0.05) is 5.02 Å². The van der Waals surface area contributed by atoms with Gasteiger partial charge in [0.25, 0.3) is 5.91 Å². The maximum absolute atomic E-state index is 13.1. The summed E-state index contributed by atoms with van der Waals surface area (Å²) in [5, 5.41) is 6.23. The van der Waals surface area contributed by atoms with E-state index in [0.29, 0.717) is 17.0 Å². The topological polar surface area (TPSA) is 78.5 Å². The molecule has 1 aliphatic rings. The number of nitrogens with zero attached hydrogens (tertiary/aromatic N) is 1. The smallest absolute Gasteiger partial charge is 0.325 e. The van der Waals surface area contributed by atoms with Crippen LogP contribution in [0.2, 0.25) is 5.02 Å². The van der Waals surface area contributed by atoms with Crippen molar-refractivity contribution in [1.29, 1.82) is 0 Å². The van der Waals surface area contributed by atoms with E-state index in [0.717, 1.165) is 16.0 Å². The van der Waals surface area contributed by atoms with Gasteiger partial charge in [-0.15, -0.1) is 0 Å². The predicted octanol–water partition coefficient (Wildman–Crippen LogP) is 4.21. The van der Waals surface area contributed by atoms with E-state index in [9.17, 15) is 14.4 Å². The van der Waals surface area contributed by atoms with Crippen molar-refractivity contribution in [2.75, 3.05) is 6.54 Å². The van der Waals surface area contributed by atoms with Crippen LogP contribution in [0.5, 0.6) is 0 Å². The van der Waals surface area contributed by atoms with Crippen LogP contribution in [0.4, 0.5) is 4.79 Å². The lowest BCUT2D eigenvalue weighted by Crippen LogP contribution is -2.44. The summed E-state index contributed by atoms with van der Waals surface area (Å²) in [6.45, 7) is 1.25. The van der Waals surface area contributed by atoms with Crippen LogP contribution in [-0.4, -0.2) is 29.3 Å². The van der Waals surface area contributed by atoms with Gasteiger partial charge in [0.2, 0.25) is 5.91 Å². The number of rotatable bonds is 7. The Bertz CT molecular complexity index is 1150. The molecule has 2 unspecified atom stereocenters. The zero-order valence-corrected chi connectivity index (χ0v) is 18.9. The molecule has 4 amide bonds. The van der Waals surface area contributed by atoms with Crippen molar-refractivity contribution in [1.82, 2.24) is 15.5 Å². The van der Waals surface area contributed by atoms with Crippen LogP contribution in [0.3, 0.4) is 0 Å². The standard InChI is InChI=1S/C26H24ClN3O3/c1-26(20-12-14-21(27)15-13-20)24(32)30(25(33)29-26)17-23(31)28-22(19-10-6-3-7-11-19)16-18-8-4-2-5-9-18/h2-15,22H,16-17H2,1H3,(H,28,31)(H,29,33). The van der Waals surface area contributed by atoms with Gasteiger partial charge in [-0.1, -0.05) is 84.4 Å². The number of imide groups is 1. The summed E-state index contributed by atoms with van der Waals surface area (Å²) >= 11 is 5.95. The summed E-state index contributed by atoms with van der Waals surface area (Å²) in [7, 11) is 0. The largest absolute Gasteiger partial charge is 0.347 e. The zero-order chi connectivity index (χ0) is 23.4. The summed E-state index contributed by atoms with van der Waals surface area (Å²) in [6.07, 6.45) is 0.583. The molecule has 1 aliphatic heterocycles. The molecule has 1 heterocycles. The first-order valence-electron chi connectivity index (χ1n) is 10.7. The monoisotopic (exact) mass is 461 g/mol. The summed E-state index contributed by atoms with van der Waals surface area (Å²) in [6, 6.07) is 25.2. The molecule has 7 heteroatoms. The highest BCUT2D eigenvalue weighted by Gasteiger charge is 2.49. The molecule has 0 saturated carbocycles. The van der Waals surface area contributed by atoms with Crippen molar-refractivity contribution in [3.05, 3.63) is 107 Å². The third kappa shape index (κ3) is 4.91. The van der Waals surface area contributed by atoms with Crippen molar-refractivity contribution in [3.63, 3.8) is 0 Å². The van der Waals surface area contributed by atoms with Gasteiger partial charge >= 0.3 is 6.03 Å². The Morgan fingerprint density at radius 2 is 1.58 bits per heavy atom. The Hall–Kier alpha value is -3.64. The van der Waals surface area contributed by atoms with Gasteiger partial charge in [-0.05, 0) is 42.2 Å². The zero-order valence-electron chi connectivity index (χ0n) is 18.1. The summed E-state index contributed by atoms with van der Waals surface area (Å²) < 4.78 is 0. The van der Waals surface area contributed by atoms with Gasteiger partial charge in [0.15, 0.2) is 0 Å². The Labute approximate surface area is 197 Å². The van der Waals surface area contributed by atoms with Crippen molar-refractivity contribution in [2.45, 2.75) is 24.9 Å². The summed E-state index contributed by atoms with van der Waals surface area (Å²) in [5.74, 6) is -0.895. The molecule has 3 aromatic carbocycles. The molecule has 2 N–H and O–H groups in total. The first-order chi connectivity index (χ1) is 15.9. The first kappa shape index (κ1) is 22.6. The van der Waals surface area contributed by atoms with Crippen LogP contribution in [-0.2, 0) is 21.5 Å². The number of halogens is 1. The fourth-order valence-electron chi connectivity index (χ4n) is 3.99. The number of carbonyl (C=O) groups is 3. The minimum atomic E-state index is -1.26.